The maximum Gasteiger partial charge on any atom is 0.243 e. The molecule has 0 saturated carbocycles. The molecule has 1 aromatic rings. The molecule has 1 heterocycles. The first kappa shape index (κ1) is 15.0. The van der Waals surface area contributed by atoms with Gasteiger partial charge in [0.2, 0.25) is 10.0 Å². The monoisotopic (exact) mass is 293 g/mol. The van der Waals surface area contributed by atoms with E-state index in [-0.39, 0.29) is 10.9 Å². The Labute approximate surface area is 120 Å². The zero-order chi connectivity index (χ0) is 14.8. The fraction of sp³-hybridized carbons (Fsp3) is 0.500. The Morgan fingerprint density at radius 1 is 1.40 bits per heavy atom. The van der Waals surface area contributed by atoms with Crippen molar-refractivity contribution >= 4 is 10.0 Å². The summed E-state index contributed by atoms with van der Waals surface area (Å²) >= 11 is 0. The third-order valence-corrected chi connectivity index (χ3v) is 5.74. The highest BCUT2D eigenvalue weighted by Crippen LogP contribution is 2.25. The number of nitriles is 1. The van der Waals surface area contributed by atoms with Gasteiger partial charge < -0.3 is 5.73 Å². The van der Waals surface area contributed by atoms with Gasteiger partial charge in [-0.05, 0) is 43.9 Å². The standard InChI is InChI=1S/C14H19N3O2S/c1-11(16)13-5-7-17(8-6-13)20(18,19)14-4-2-3-12(9-14)10-15/h2-4,9,11,13H,5-8,16H2,1H3. The van der Waals surface area contributed by atoms with Gasteiger partial charge >= 0.3 is 0 Å². The van der Waals surface area contributed by atoms with E-state index in [1.165, 1.54) is 16.4 Å². The number of benzene rings is 1. The number of nitrogens with two attached hydrogens (primary N) is 1. The summed E-state index contributed by atoms with van der Waals surface area (Å²) in [6.45, 7) is 2.95. The fourth-order valence-electron chi connectivity index (χ4n) is 2.52. The van der Waals surface area contributed by atoms with Crippen LogP contribution in [0.15, 0.2) is 29.2 Å². The first-order valence-corrected chi connectivity index (χ1v) is 8.15. The van der Waals surface area contributed by atoms with Crippen LogP contribution in [0.5, 0.6) is 0 Å². The van der Waals surface area contributed by atoms with Gasteiger partial charge in [0.05, 0.1) is 16.5 Å². The molecule has 1 fully saturated rings. The SMILES string of the molecule is CC(N)C1CCN(S(=O)(=O)c2cccc(C#N)c2)CC1. The van der Waals surface area contributed by atoms with Crippen LogP contribution < -0.4 is 5.73 Å². The van der Waals surface area contributed by atoms with E-state index in [9.17, 15) is 8.42 Å². The smallest absolute Gasteiger partial charge is 0.243 e. The van der Waals surface area contributed by atoms with Crippen LogP contribution in [0.4, 0.5) is 0 Å². The van der Waals surface area contributed by atoms with Gasteiger partial charge in [0.15, 0.2) is 0 Å². The van der Waals surface area contributed by atoms with Crippen molar-refractivity contribution in [1.82, 2.24) is 4.31 Å². The number of piperidine rings is 1. The summed E-state index contributed by atoms with van der Waals surface area (Å²) in [6, 6.07) is 8.22. The van der Waals surface area contributed by atoms with Crippen LogP contribution in [-0.2, 0) is 10.0 Å². The van der Waals surface area contributed by atoms with E-state index >= 15 is 0 Å². The first-order valence-electron chi connectivity index (χ1n) is 6.71. The largest absolute Gasteiger partial charge is 0.328 e. The summed E-state index contributed by atoms with van der Waals surface area (Å²) in [5.41, 5.74) is 6.22. The van der Waals surface area contributed by atoms with Gasteiger partial charge in [0.1, 0.15) is 0 Å². The maximum atomic E-state index is 12.5. The number of rotatable bonds is 3. The topological polar surface area (TPSA) is 87.2 Å². The Morgan fingerprint density at radius 2 is 2.05 bits per heavy atom. The van der Waals surface area contributed by atoms with Crippen molar-refractivity contribution in [3.05, 3.63) is 29.8 Å². The van der Waals surface area contributed by atoms with Gasteiger partial charge in [-0.15, -0.1) is 0 Å². The van der Waals surface area contributed by atoms with Crippen LogP contribution in [0.1, 0.15) is 25.3 Å². The Hall–Kier alpha value is -1.42. The van der Waals surface area contributed by atoms with Crippen molar-refractivity contribution in [2.45, 2.75) is 30.7 Å². The van der Waals surface area contributed by atoms with Crippen molar-refractivity contribution in [3.8, 4) is 6.07 Å². The highest BCUT2D eigenvalue weighted by Gasteiger charge is 2.30. The molecule has 0 aromatic heterocycles. The minimum atomic E-state index is -3.50. The van der Waals surface area contributed by atoms with Crippen molar-refractivity contribution in [2.75, 3.05) is 13.1 Å². The molecule has 1 saturated heterocycles. The highest BCUT2D eigenvalue weighted by atomic mass is 32.2. The lowest BCUT2D eigenvalue weighted by molar-refractivity contribution is 0.250. The van der Waals surface area contributed by atoms with Gasteiger partial charge in [0, 0.05) is 19.1 Å². The summed E-state index contributed by atoms with van der Waals surface area (Å²) in [4.78, 5) is 0.191. The molecule has 0 spiro atoms. The van der Waals surface area contributed by atoms with Crippen molar-refractivity contribution < 1.29 is 8.42 Å². The quantitative estimate of drug-likeness (QED) is 0.910. The molecule has 0 amide bonds. The molecule has 6 heteroatoms. The van der Waals surface area contributed by atoms with Crippen LogP contribution >= 0.6 is 0 Å². The van der Waals surface area contributed by atoms with E-state index in [0.717, 1.165) is 12.8 Å². The van der Waals surface area contributed by atoms with Crippen LogP contribution in [0.3, 0.4) is 0 Å². The van der Waals surface area contributed by atoms with Crippen LogP contribution in [-0.4, -0.2) is 31.9 Å². The fourth-order valence-corrected chi connectivity index (χ4v) is 4.03. The van der Waals surface area contributed by atoms with Crippen LogP contribution in [0.2, 0.25) is 0 Å². The lowest BCUT2D eigenvalue weighted by Crippen LogP contribution is -2.42. The maximum absolute atomic E-state index is 12.5. The number of nitrogens with zero attached hydrogens (tertiary/aromatic N) is 2. The molecule has 0 radical (unpaired) electrons. The molecular weight excluding hydrogens is 274 g/mol. The minimum absolute atomic E-state index is 0.0989. The number of sulfonamides is 1. The van der Waals surface area contributed by atoms with E-state index in [1.807, 2.05) is 13.0 Å². The summed E-state index contributed by atoms with van der Waals surface area (Å²) in [7, 11) is -3.50. The predicted molar refractivity (Wildman–Crippen MR) is 76.3 cm³/mol. The third kappa shape index (κ3) is 3.01. The van der Waals surface area contributed by atoms with Gasteiger partial charge in [-0.2, -0.15) is 9.57 Å². The van der Waals surface area contributed by atoms with E-state index in [4.69, 9.17) is 11.0 Å². The molecule has 0 bridgehead atoms. The number of hydrogen-bond acceptors (Lipinski definition) is 4. The second-order valence-electron chi connectivity index (χ2n) is 5.24. The Kier molecular flexibility index (Phi) is 4.43. The normalized spacial score (nSPS) is 19.4. The van der Waals surface area contributed by atoms with E-state index in [1.54, 1.807) is 12.1 Å². The molecule has 108 valence electrons. The highest BCUT2D eigenvalue weighted by molar-refractivity contribution is 7.89. The molecule has 1 aliphatic heterocycles. The van der Waals surface area contributed by atoms with E-state index in [0.29, 0.717) is 24.6 Å². The zero-order valence-electron chi connectivity index (χ0n) is 11.5. The molecule has 0 aliphatic carbocycles. The molecule has 1 atom stereocenters. The molecule has 1 unspecified atom stereocenters. The van der Waals surface area contributed by atoms with Gasteiger partial charge in [-0.3, -0.25) is 0 Å². The molecule has 1 aromatic carbocycles. The Balaban J connectivity index is 2.18. The lowest BCUT2D eigenvalue weighted by Gasteiger charge is -2.32. The zero-order valence-corrected chi connectivity index (χ0v) is 12.3. The molecule has 20 heavy (non-hydrogen) atoms. The molecule has 5 nitrogen and oxygen atoms in total. The average Bonchev–Trinajstić information content (AvgIpc) is 2.47. The lowest BCUT2D eigenvalue weighted by atomic mass is 9.92. The third-order valence-electron chi connectivity index (χ3n) is 3.84. The number of hydrogen-bond donors (Lipinski definition) is 1. The summed E-state index contributed by atoms with van der Waals surface area (Å²) in [6.07, 6.45) is 1.57. The minimum Gasteiger partial charge on any atom is -0.328 e. The summed E-state index contributed by atoms with van der Waals surface area (Å²) in [5.74, 6) is 0.381. The molecule has 2 N–H and O–H groups in total. The van der Waals surface area contributed by atoms with Crippen LogP contribution in [0.25, 0.3) is 0 Å². The van der Waals surface area contributed by atoms with Crippen molar-refractivity contribution in [1.29, 1.82) is 5.26 Å². The van der Waals surface area contributed by atoms with Crippen LogP contribution in [0, 0.1) is 17.2 Å². The van der Waals surface area contributed by atoms with E-state index < -0.39 is 10.0 Å². The predicted octanol–water partition coefficient (Wildman–Crippen LogP) is 1.31. The van der Waals surface area contributed by atoms with Gasteiger partial charge in [-0.1, -0.05) is 6.07 Å². The summed E-state index contributed by atoms with van der Waals surface area (Å²) < 4.78 is 26.5. The summed E-state index contributed by atoms with van der Waals surface area (Å²) in [5, 5.41) is 8.86. The van der Waals surface area contributed by atoms with Crippen molar-refractivity contribution in [2.24, 2.45) is 11.7 Å². The molecular formula is C14H19N3O2S. The Morgan fingerprint density at radius 3 is 2.60 bits per heavy atom. The Bertz CT molecular complexity index is 612. The molecule has 1 aliphatic rings. The van der Waals surface area contributed by atoms with Crippen molar-refractivity contribution in [3.63, 3.8) is 0 Å². The average molecular weight is 293 g/mol. The molecule has 2 rings (SSSR count). The second kappa shape index (κ2) is 5.92. The van der Waals surface area contributed by atoms with Gasteiger partial charge in [-0.25, -0.2) is 8.42 Å². The second-order valence-corrected chi connectivity index (χ2v) is 7.18. The van der Waals surface area contributed by atoms with Gasteiger partial charge in [0.25, 0.3) is 0 Å². The van der Waals surface area contributed by atoms with E-state index in [2.05, 4.69) is 0 Å². The first-order chi connectivity index (χ1) is 9.45.